The van der Waals surface area contributed by atoms with Gasteiger partial charge in [-0.3, -0.25) is 9.69 Å². The lowest BCUT2D eigenvalue weighted by molar-refractivity contribution is -0.119. The predicted octanol–water partition coefficient (Wildman–Crippen LogP) is 1.67. The number of carbonyl (C=O) groups excluding carboxylic acids is 1. The number of hydrogen-bond acceptors (Lipinski definition) is 3. The molecular formula is C16H24N2O2. The number of aliphatic hydroxyl groups is 1. The van der Waals surface area contributed by atoms with Crippen LogP contribution in [-0.4, -0.2) is 48.2 Å². The third-order valence-electron chi connectivity index (χ3n) is 3.81. The first-order valence-electron chi connectivity index (χ1n) is 7.25. The van der Waals surface area contributed by atoms with E-state index in [-0.39, 0.29) is 18.1 Å². The summed E-state index contributed by atoms with van der Waals surface area (Å²) in [6, 6.07) is 8.34. The summed E-state index contributed by atoms with van der Waals surface area (Å²) < 4.78 is 0. The van der Waals surface area contributed by atoms with Crippen molar-refractivity contribution in [1.82, 2.24) is 4.90 Å². The molecule has 0 fully saturated rings. The van der Waals surface area contributed by atoms with Gasteiger partial charge in [-0.05, 0) is 45.4 Å². The second-order valence-corrected chi connectivity index (χ2v) is 5.82. The molecule has 1 aliphatic heterocycles. The Balaban J connectivity index is 1.99. The van der Waals surface area contributed by atoms with E-state index in [0.717, 1.165) is 18.7 Å². The van der Waals surface area contributed by atoms with Crippen molar-refractivity contribution in [2.24, 2.45) is 0 Å². The van der Waals surface area contributed by atoms with E-state index in [2.05, 4.69) is 13.0 Å². The number of benzene rings is 1. The van der Waals surface area contributed by atoms with E-state index in [1.807, 2.05) is 35.0 Å². The summed E-state index contributed by atoms with van der Waals surface area (Å²) in [6.07, 6.45) is 1.30. The van der Waals surface area contributed by atoms with Crippen molar-refractivity contribution in [1.29, 1.82) is 0 Å². The number of anilines is 1. The number of carbonyl (C=O) groups is 1. The molecule has 110 valence electrons. The third kappa shape index (κ3) is 3.38. The first kappa shape index (κ1) is 15.0. The summed E-state index contributed by atoms with van der Waals surface area (Å²) >= 11 is 0. The van der Waals surface area contributed by atoms with E-state index >= 15 is 0 Å². The Labute approximate surface area is 121 Å². The maximum atomic E-state index is 12.5. The van der Waals surface area contributed by atoms with Crippen LogP contribution in [0.5, 0.6) is 0 Å². The van der Waals surface area contributed by atoms with Crippen molar-refractivity contribution in [3.8, 4) is 0 Å². The zero-order valence-electron chi connectivity index (χ0n) is 12.5. The number of para-hydroxylation sites is 1. The van der Waals surface area contributed by atoms with E-state index < -0.39 is 0 Å². The number of likely N-dealkylation sites (N-methyl/N-ethyl adjacent to an activating group) is 1. The Bertz CT molecular complexity index is 473. The van der Waals surface area contributed by atoms with Crippen LogP contribution in [0.1, 0.15) is 25.8 Å². The normalized spacial score (nSPS) is 19.2. The van der Waals surface area contributed by atoms with Crippen molar-refractivity contribution in [2.75, 3.05) is 25.0 Å². The summed E-state index contributed by atoms with van der Waals surface area (Å²) in [6.45, 7) is 4.99. The van der Waals surface area contributed by atoms with Gasteiger partial charge in [0.1, 0.15) is 0 Å². The van der Waals surface area contributed by atoms with Crippen molar-refractivity contribution >= 4 is 11.6 Å². The Kier molecular flexibility index (Phi) is 4.78. The van der Waals surface area contributed by atoms with Crippen LogP contribution in [0, 0.1) is 0 Å². The third-order valence-corrected chi connectivity index (χ3v) is 3.81. The smallest absolute Gasteiger partial charge is 0.241 e. The van der Waals surface area contributed by atoms with Crippen molar-refractivity contribution in [2.45, 2.75) is 38.8 Å². The summed E-state index contributed by atoms with van der Waals surface area (Å²) in [7, 11) is 1.92. The van der Waals surface area contributed by atoms with E-state index in [1.165, 1.54) is 5.56 Å². The molecule has 0 aliphatic carbocycles. The molecule has 2 atom stereocenters. The van der Waals surface area contributed by atoms with Gasteiger partial charge in [0.15, 0.2) is 0 Å². The standard InChI is InChI=1S/C16H24N2O2/c1-12-10-14-6-4-5-7-15(14)18(12)16(20)11-17(3)9-8-13(2)19/h4-7,12-13,19H,8-11H2,1-3H3. The molecule has 4 nitrogen and oxygen atoms in total. The van der Waals surface area contributed by atoms with Gasteiger partial charge in [-0.25, -0.2) is 0 Å². The zero-order chi connectivity index (χ0) is 14.7. The number of amides is 1. The Morgan fingerprint density at radius 1 is 1.50 bits per heavy atom. The molecule has 1 heterocycles. The fourth-order valence-corrected chi connectivity index (χ4v) is 2.74. The molecule has 2 rings (SSSR count). The highest BCUT2D eigenvalue weighted by atomic mass is 16.3. The minimum absolute atomic E-state index is 0.135. The minimum atomic E-state index is -0.320. The van der Waals surface area contributed by atoms with Crippen molar-refractivity contribution in [3.05, 3.63) is 29.8 Å². The summed E-state index contributed by atoms with van der Waals surface area (Å²) in [5.74, 6) is 0.135. The molecule has 1 aromatic carbocycles. The lowest BCUT2D eigenvalue weighted by atomic mass is 10.1. The Hall–Kier alpha value is -1.39. The molecule has 0 radical (unpaired) electrons. The van der Waals surface area contributed by atoms with Crippen LogP contribution in [0.3, 0.4) is 0 Å². The number of fused-ring (bicyclic) bond motifs is 1. The predicted molar refractivity (Wildman–Crippen MR) is 80.9 cm³/mol. The maximum absolute atomic E-state index is 12.5. The van der Waals surface area contributed by atoms with Crippen LogP contribution in [-0.2, 0) is 11.2 Å². The van der Waals surface area contributed by atoms with Crippen LogP contribution in [0.15, 0.2) is 24.3 Å². The molecule has 0 saturated heterocycles. The summed E-state index contributed by atoms with van der Waals surface area (Å²) in [5.41, 5.74) is 2.30. The molecule has 4 heteroatoms. The fourth-order valence-electron chi connectivity index (χ4n) is 2.74. The highest BCUT2D eigenvalue weighted by Crippen LogP contribution is 2.31. The van der Waals surface area contributed by atoms with Crippen LogP contribution in [0.25, 0.3) is 0 Å². The van der Waals surface area contributed by atoms with Gasteiger partial charge in [-0.2, -0.15) is 0 Å². The first-order chi connectivity index (χ1) is 9.49. The largest absolute Gasteiger partial charge is 0.393 e. The van der Waals surface area contributed by atoms with Crippen LogP contribution in [0.2, 0.25) is 0 Å². The number of nitrogens with zero attached hydrogens (tertiary/aromatic N) is 2. The second kappa shape index (κ2) is 6.37. The summed E-state index contributed by atoms with van der Waals surface area (Å²) in [4.78, 5) is 16.4. The number of hydrogen-bond donors (Lipinski definition) is 1. The molecule has 0 spiro atoms. The zero-order valence-corrected chi connectivity index (χ0v) is 12.5. The molecule has 1 N–H and O–H groups in total. The van der Waals surface area contributed by atoms with Gasteiger partial charge < -0.3 is 10.0 Å². The molecule has 2 unspecified atom stereocenters. The molecule has 1 amide bonds. The van der Waals surface area contributed by atoms with Gasteiger partial charge in [-0.15, -0.1) is 0 Å². The number of aliphatic hydroxyl groups excluding tert-OH is 1. The fraction of sp³-hybridized carbons (Fsp3) is 0.562. The second-order valence-electron chi connectivity index (χ2n) is 5.82. The van der Waals surface area contributed by atoms with Gasteiger partial charge in [0.25, 0.3) is 0 Å². The van der Waals surface area contributed by atoms with E-state index in [0.29, 0.717) is 13.0 Å². The van der Waals surface area contributed by atoms with Crippen LogP contribution < -0.4 is 4.90 Å². The molecule has 0 aromatic heterocycles. The molecule has 20 heavy (non-hydrogen) atoms. The van der Waals surface area contributed by atoms with Gasteiger partial charge in [0.2, 0.25) is 5.91 Å². The average molecular weight is 276 g/mol. The SMILES string of the molecule is CC(O)CCN(C)CC(=O)N1c2ccccc2CC1C. The molecule has 1 aromatic rings. The monoisotopic (exact) mass is 276 g/mol. The lowest BCUT2D eigenvalue weighted by Gasteiger charge is -2.26. The molecular weight excluding hydrogens is 252 g/mol. The van der Waals surface area contributed by atoms with Gasteiger partial charge in [0.05, 0.1) is 12.6 Å². The highest BCUT2D eigenvalue weighted by molar-refractivity contribution is 5.97. The Morgan fingerprint density at radius 2 is 2.20 bits per heavy atom. The van der Waals surface area contributed by atoms with Crippen LogP contribution >= 0.6 is 0 Å². The summed E-state index contributed by atoms with van der Waals surface area (Å²) in [5, 5.41) is 9.30. The highest BCUT2D eigenvalue weighted by Gasteiger charge is 2.30. The minimum Gasteiger partial charge on any atom is -0.393 e. The number of rotatable bonds is 5. The quantitative estimate of drug-likeness (QED) is 0.889. The van der Waals surface area contributed by atoms with Gasteiger partial charge in [0, 0.05) is 18.3 Å². The molecule has 1 aliphatic rings. The molecule has 0 saturated carbocycles. The van der Waals surface area contributed by atoms with E-state index in [1.54, 1.807) is 6.92 Å². The van der Waals surface area contributed by atoms with Crippen molar-refractivity contribution < 1.29 is 9.90 Å². The maximum Gasteiger partial charge on any atom is 0.241 e. The molecule has 0 bridgehead atoms. The van der Waals surface area contributed by atoms with Crippen molar-refractivity contribution in [3.63, 3.8) is 0 Å². The van der Waals surface area contributed by atoms with Crippen LogP contribution in [0.4, 0.5) is 5.69 Å². The lowest BCUT2D eigenvalue weighted by Crippen LogP contribution is -2.42. The first-order valence-corrected chi connectivity index (χ1v) is 7.25. The van der Waals surface area contributed by atoms with Gasteiger partial charge >= 0.3 is 0 Å². The Morgan fingerprint density at radius 3 is 2.90 bits per heavy atom. The average Bonchev–Trinajstić information content (AvgIpc) is 2.72. The van der Waals surface area contributed by atoms with Gasteiger partial charge in [-0.1, -0.05) is 18.2 Å². The topological polar surface area (TPSA) is 43.8 Å². The van der Waals surface area contributed by atoms with E-state index in [4.69, 9.17) is 0 Å². The van der Waals surface area contributed by atoms with E-state index in [9.17, 15) is 9.90 Å².